The summed E-state index contributed by atoms with van der Waals surface area (Å²) in [5, 5.41) is 0. The molecule has 0 radical (unpaired) electrons. The Balaban J connectivity index is 2.78. The molecule has 1 rings (SSSR count). The Kier molecular flexibility index (Phi) is 1.95. The molecule has 0 aromatic carbocycles. The van der Waals surface area contributed by atoms with Crippen molar-refractivity contribution in [2.45, 2.75) is 13.8 Å². The average Bonchev–Trinajstić information content (AvgIpc) is 1.91. The fourth-order valence-electron chi connectivity index (χ4n) is 0.419. The molecule has 1 aliphatic heterocycles. The monoisotopic (exact) mass is 218 g/mol. The summed E-state index contributed by atoms with van der Waals surface area (Å²) in [6.45, 7) is 4.52. The maximum atomic E-state index is 2.47. The van der Waals surface area contributed by atoms with Crippen molar-refractivity contribution in [3.8, 4) is 0 Å². The fourth-order valence-corrected chi connectivity index (χ4v) is 9.73. The van der Waals surface area contributed by atoms with Gasteiger partial charge < -0.3 is 0 Å². The quantitative estimate of drug-likeness (QED) is 0.508. The van der Waals surface area contributed by atoms with E-state index in [2.05, 4.69) is 18.7 Å². The molecule has 1 aliphatic rings. The molecule has 7 heavy (non-hydrogen) atoms. The molecule has 1 heterocycles. The van der Waals surface area contributed by atoms with Gasteiger partial charge in [0.05, 0.1) is 0 Å². The van der Waals surface area contributed by atoms with Crippen LogP contribution in [0.2, 0.25) is 0 Å². The summed E-state index contributed by atoms with van der Waals surface area (Å²) >= 11 is 1.16. The van der Waals surface area contributed by atoms with Crippen LogP contribution in [0.15, 0.2) is 10.4 Å². The van der Waals surface area contributed by atoms with Gasteiger partial charge in [-0.2, -0.15) is 0 Å². The van der Waals surface area contributed by atoms with E-state index in [1.54, 1.807) is 9.88 Å². The Labute approximate surface area is 55.6 Å². The van der Waals surface area contributed by atoms with Crippen LogP contribution in [-0.2, 0) is 0 Å². The molecule has 1 unspecified atom stereocenters. The Morgan fingerprint density at radius 2 is 2.29 bits per heavy atom. The van der Waals surface area contributed by atoms with Gasteiger partial charge in [-0.05, 0) is 0 Å². The van der Waals surface area contributed by atoms with Crippen molar-refractivity contribution in [3.05, 3.63) is 10.4 Å². The van der Waals surface area contributed by atoms with Gasteiger partial charge in [0.2, 0.25) is 0 Å². The van der Waals surface area contributed by atoms with E-state index in [9.17, 15) is 0 Å². The van der Waals surface area contributed by atoms with E-state index in [0.717, 1.165) is 0 Å². The third-order valence-electron chi connectivity index (χ3n) is 1.08. The predicted octanol–water partition coefficient (Wildman–Crippen LogP) is 0.152. The molecule has 0 spiro atoms. The van der Waals surface area contributed by atoms with E-state index in [1.165, 1.54) is 0 Å². The molecular formula is C5H8As2. The minimum absolute atomic E-state index is 0.446. The normalized spacial score (nSPS) is 24.9. The number of allylic oxidation sites excluding steroid dienone is 1. The van der Waals surface area contributed by atoms with Crippen LogP contribution in [-0.4, -0.2) is 31.2 Å². The first kappa shape index (κ1) is 5.86. The molecule has 0 saturated carbocycles. The number of rotatable bonds is 0. The number of hydrogen-bond acceptors (Lipinski definition) is 0. The average molecular weight is 218 g/mol. The molecule has 0 bridgehead atoms. The van der Waals surface area contributed by atoms with Crippen LogP contribution in [0.5, 0.6) is 0 Å². The minimum atomic E-state index is 0.446. The molecular weight excluding hydrogens is 210 g/mol. The van der Waals surface area contributed by atoms with Gasteiger partial charge in [-0.1, -0.05) is 0 Å². The first-order valence-corrected chi connectivity index (χ1v) is 10.2. The van der Waals surface area contributed by atoms with Gasteiger partial charge in [0.1, 0.15) is 0 Å². The topological polar surface area (TPSA) is 0 Å². The van der Waals surface area contributed by atoms with Gasteiger partial charge >= 0.3 is 55.5 Å². The van der Waals surface area contributed by atoms with Gasteiger partial charge in [-0.15, -0.1) is 0 Å². The zero-order valence-corrected chi connectivity index (χ0v) is 8.50. The van der Waals surface area contributed by atoms with Crippen molar-refractivity contribution in [1.82, 2.24) is 0 Å². The zero-order valence-electron chi connectivity index (χ0n) is 4.52. The van der Waals surface area contributed by atoms with E-state index < -0.39 is 0 Å². The summed E-state index contributed by atoms with van der Waals surface area (Å²) in [7, 11) is 0. The predicted molar refractivity (Wildman–Crippen MR) is 37.3 cm³/mol. The van der Waals surface area contributed by atoms with Gasteiger partial charge in [0, 0.05) is 0 Å². The second-order valence-electron chi connectivity index (χ2n) is 1.65. The standard InChI is InChI=1S/C5H8As2/c1-4-3-6-7-5(4)2/h3,6H,1-2H3. The molecule has 38 valence electrons. The van der Waals surface area contributed by atoms with Crippen LogP contribution >= 0.6 is 0 Å². The third-order valence-corrected chi connectivity index (χ3v) is 10.4. The van der Waals surface area contributed by atoms with Crippen molar-refractivity contribution in [3.63, 3.8) is 0 Å². The Bertz CT molecular complexity index is 117. The molecule has 1 atom stereocenters. The summed E-state index contributed by atoms with van der Waals surface area (Å²) in [5.41, 5.74) is 1.60. The van der Waals surface area contributed by atoms with Crippen LogP contribution in [0, 0.1) is 0 Å². The first-order chi connectivity index (χ1) is 3.30. The second kappa shape index (κ2) is 2.33. The molecule has 0 aliphatic carbocycles. The summed E-state index contributed by atoms with van der Waals surface area (Å²) < 4.78 is 1.72. The molecule has 0 N–H and O–H groups in total. The van der Waals surface area contributed by atoms with Crippen molar-refractivity contribution >= 4 is 31.2 Å². The fraction of sp³-hybridized carbons (Fsp3) is 0.400. The number of hydrogen-bond donors (Lipinski definition) is 0. The second-order valence-corrected chi connectivity index (χ2v) is 9.93. The van der Waals surface area contributed by atoms with Gasteiger partial charge in [-0.25, -0.2) is 0 Å². The van der Waals surface area contributed by atoms with Crippen molar-refractivity contribution < 1.29 is 0 Å². The van der Waals surface area contributed by atoms with Crippen molar-refractivity contribution in [2.75, 3.05) is 0 Å². The van der Waals surface area contributed by atoms with Crippen LogP contribution < -0.4 is 0 Å². The summed E-state index contributed by atoms with van der Waals surface area (Å²) in [6, 6.07) is 0. The molecule has 0 amide bonds. The Hall–Kier alpha value is 0.727. The van der Waals surface area contributed by atoms with Crippen LogP contribution in [0.4, 0.5) is 0 Å². The third kappa shape index (κ3) is 1.31. The van der Waals surface area contributed by atoms with E-state index in [1.807, 2.05) is 0 Å². The van der Waals surface area contributed by atoms with Crippen LogP contribution in [0.25, 0.3) is 0 Å². The van der Waals surface area contributed by atoms with Crippen LogP contribution in [0.1, 0.15) is 13.8 Å². The Morgan fingerprint density at radius 3 is 2.43 bits per heavy atom. The van der Waals surface area contributed by atoms with E-state index in [-0.39, 0.29) is 0 Å². The van der Waals surface area contributed by atoms with Crippen molar-refractivity contribution in [2.24, 2.45) is 0 Å². The maximum absolute atomic E-state index is 2.47. The molecule has 0 fully saturated rings. The summed E-state index contributed by atoms with van der Waals surface area (Å²) in [6.07, 6.45) is 0. The van der Waals surface area contributed by atoms with E-state index in [0.29, 0.717) is 26.9 Å². The first-order valence-electron chi connectivity index (χ1n) is 2.27. The molecule has 0 aromatic heterocycles. The molecule has 2 heteroatoms. The molecule has 0 saturated heterocycles. The van der Waals surface area contributed by atoms with Crippen LogP contribution in [0.3, 0.4) is 0 Å². The van der Waals surface area contributed by atoms with Crippen molar-refractivity contribution in [1.29, 1.82) is 0 Å². The van der Waals surface area contributed by atoms with Gasteiger partial charge in [0.15, 0.2) is 0 Å². The Morgan fingerprint density at radius 1 is 1.57 bits per heavy atom. The molecule has 0 nitrogen and oxygen atoms in total. The van der Waals surface area contributed by atoms with E-state index in [4.69, 9.17) is 0 Å². The SMILES string of the molecule is CC1=C[AsH][As]=C1C. The summed E-state index contributed by atoms with van der Waals surface area (Å²) in [4.78, 5) is 2.47. The zero-order chi connectivity index (χ0) is 5.28. The van der Waals surface area contributed by atoms with Gasteiger partial charge in [-0.3, -0.25) is 0 Å². The summed E-state index contributed by atoms with van der Waals surface area (Å²) in [5.74, 6) is 0. The molecule has 0 aromatic rings. The van der Waals surface area contributed by atoms with E-state index >= 15 is 0 Å². The van der Waals surface area contributed by atoms with Gasteiger partial charge in [0.25, 0.3) is 0 Å².